The maximum atomic E-state index is 17.0. The van der Waals surface area contributed by atoms with Crippen LogP contribution in [-0.2, 0) is 76.4 Å². The number of hydrogen-bond donors (Lipinski definition) is 4. The average Bonchev–Trinajstić information content (AvgIpc) is 0.698. The Morgan fingerprint density at radius 3 is 0.925 bits per heavy atom. The second kappa shape index (κ2) is 51.6. The fourth-order valence-corrected chi connectivity index (χ4v) is 30.3. The minimum Gasteiger partial charge on any atom is -0.462 e. The van der Waals surface area contributed by atoms with Gasteiger partial charge >= 0.3 is 23.9 Å². The molecule has 10 unspecified atom stereocenters. The van der Waals surface area contributed by atoms with E-state index >= 15 is 19.2 Å². The van der Waals surface area contributed by atoms with E-state index in [-0.39, 0.29) is 123 Å². The summed E-state index contributed by atoms with van der Waals surface area (Å²) in [6.45, 7) is 79.5. The smallest absolute Gasteiger partial charge is 0.310 e. The first kappa shape index (κ1) is 127. The third-order valence-electron chi connectivity index (χ3n) is 35.0. The largest absolute Gasteiger partial charge is 0.462 e. The van der Waals surface area contributed by atoms with Crippen molar-refractivity contribution in [2.24, 2.45) is 17.8 Å². The number of aliphatic hydroxyl groups is 4. The number of hydrogen-bond acceptors (Lipinski definition) is 28. The van der Waals surface area contributed by atoms with Crippen LogP contribution in [0.3, 0.4) is 0 Å². The monoisotopic (exact) mass is 2070 g/mol. The van der Waals surface area contributed by atoms with Crippen LogP contribution in [0.2, 0.25) is 0 Å². The summed E-state index contributed by atoms with van der Waals surface area (Å²) < 4.78 is 55.4. The molecule has 0 saturated carbocycles. The third kappa shape index (κ3) is 33.6. The summed E-state index contributed by atoms with van der Waals surface area (Å²) in [7, 11) is 0. The quantitative estimate of drug-likeness (QED) is 0.0250. The molecule has 0 aromatic heterocycles. The average molecular weight is 2070 g/mol. The Balaban J connectivity index is 1.02. The number of ether oxygens (including phenoxy) is 8. The van der Waals surface area contributed by atoms with Crippen LogP contribution in [0, 0.1) is 17.8 Å². The van der Waals surface area contributed by atoms with Crippen molar-refractivity contribution in [1.29, 1.82) is 0 Å². The van der Waals surface area contributed by atoms with Crippen molar-refractivity contribution in [2.45, 2.75) is 635 Å². The van der Waals surface area contributed by atoms with E-state index < -0.39 is 159 Å². The summed E-state index contributed by atoms with van der Waals surface area (Å²) >= 11 is 0. The molecule has 0 radical (unpaired) electrons. The summed E-state index contributed by atoms with van der Waals surface area (Å²) in [5.74, 6) is -7.24. The van der Waals surface area contributed by atoms with Crippen LogP contribution in [0.25, 0.3) is 0 Å². The highest BCUT2D eigenvalue weighted by Crippen LogP contribution is 2.57. The number of piperidine rings is 8. The molecule has 852 valence electrons. The van der Waals surface area contributed by atoms with Crippen LogP contribution >= 0.6 is 0 Å². The maximum absolute atomic E-state index is 17.0. The summed E-state index contributed by atoms with van der Waals surface area (Å²) in [4.78, 5) is 101. The van der Waals surface area contributed by atoms with E-state index in [1.54, 1.807) is 0 Å². The van der Waals surface area contributed by atoms with Gasteiger partial charge < -0.3 is 58.3 Å². The molecule has 28 heteroatoms. The van der Waals surface area contributed by atoms with Gasteiger partial charge in [-0.25, -0.2) is 0 Å². The fourth-order valence-electron chi connectivity index (χ4n) is 30.3. The van der Waals surface area contributed by atoms with Gasteiger partial charge in [-0.2, -0.15) is 20.3 Å². The minimum atomic E-state index is -1.66. The Bertz CT molecular complexity index is 3910. The Hall–Kier alpha value is -2.92. The van der Waals surface area contributed by atoms with Gasteiger partial charge in [0.25, 0.3) is 0 Å². The molecule has 9 aliphatic rings. The Kier molecular flexibility index (Phi) is 44.7. The summed E-state index contributed by atoms with van der Waals surface area (Å²) in [6.07, 6.45) is 20.8. The zero-order valence-electron chi connectivity index (χ0n) is 99.5. The number of nitrogens with zero attached hydrogens (tertiary/aromatic N) is 8. The molecule has 0 aromatic rings. The minimum absolute atomic E-state index is 0.0175. The lowest BCUT2D eigenvalue weighted by Crippen LogP contribution is -2.78. The van der Waals surface area contributed by atoms with E-state index in [1.807, 2.05) is 0 Å². The highest BCUT2D eigenvalue weighted by Gasteiger charge is 2.66. The molecule has 0 aromatic carbocycles. The summed E-state index contributed by atoms with van der Waals surface area (Å²) in [5.41, 5.74) is -9.39. The number of aliphatic hydroxyl groups excluding tert-OH is 4. The van der Waals surface area contributed by atoms with E-state index in [0.29, 0.717) is 84.2 Å². The summed E-state index contributed by atoms with van der Waals surface area (Å²) in [5, 5.41) is 58.9. The molecule has 0 aliphatic carbocycles. The van der Waals surface area contributed by atoms with Crippen LogP contribution in [-0.4, -0.2) is 325 Å². The number of carbonyl (C=O) groups excluding carboxylic acids is 4. The topological polar surface area (TPSA) is 286 Å². The van der Waals surface area contributed by atoms with E-state index in [9.17, 15) is 20.4 Å². The number of rotatable bonds is 52. The number of hydroxylamine groups is 8. The predicted molar refractivity (Wildman–Crippen MR) is 579 cm³/mol. The lowest BCUT2D eigenvalue weighted by molar-refractivity contribution is -0.296. The molecule has 146 heavy (non-hydrogen) atoms. The molecule has 9 heterocycles. The molecule has 28 nitrogen and oxygen atoms in total. The Morgan fingerprint density at radius 2 is 0.596 bits per heavy atom. The Morgan fingerprint density at radius 1 is 0.315 bits per heavy atom. The van der Waals surface area contributed by atoms with Crippen molar-refractivity contribution in [3.63, 3.8) is 0 Å². The number of unbranched alkanes of at least 4 members (excludes halogenated alkanes) is 15. The number of likely N-dealkylation sites (tertiary alicyclic amines) is 4. The molecular formula is C118H220N8O20. The number of esters is 4. The van der Waals surface area contributed by atoms with Gasteiger partial charge in [-0.3, -0.25) is 58.1 Å². The normalized spacial score (nSPS) is 29.4. The van der Waals surface area contributed by atoms with Gasteiger partial charge in [0.2, 0.25) is 0 Å². The Labute approximate surface area is 887 Å². The SMILES string of the molecule is CCCCCCCCON1C(C)(C)CC(OCC(O)CN2C(C)(C)CC(OC(=O)CC3C(=O)OC4CC(C)(C)N(CC(O)COC5CC(C)(C)N(OCCC)C(C)(C)C5)C(C)(C)C4C4(C)CC(CC(C)(C)N4CC(O)COC4CC(C)(C)N(OCCCCCCCC)C(C)(C)C4)OC(=O)CC3C(=O)OC3CC(C)(C)N(CC(O)COC4CC(C)(C)N(OCCCCCCCC)C(C)(C)C4)C(C)(C)C3)CC2(C)C)CC1(C)C. The predicted octanol–water partition coefficient (Wildman–Crippen LogP) is 21.3. The van der Waals surface area contributed by atoms with Crippen LogP contribution in [0.5, 0.6) is 0 Å². The van der Waals surface area contributed by atoms with Gasteiger partial charge in [0.05, 0.1) is 126 Å². The molecule has 9 fully saturated rings. The standard InChI is InChI=1S/C118H220N8O20/c1-36-40-43-46-49-52-56-140-124-111(21,22)63-89(64-112(124,23)24)135-80-84(127)76-119-103(5,6)69-92(70-104(119,7)8)143-98(131)60-96-95(101(133)145-93-71-105(9,10)120(106(11,12)72-93)77-85(128)81-136-90-65-113(25,26)125(114(27,28)66-90)141-57-53-50-47-44-41-37-2)59-99(132)144-94-73-107(13,14)122(79-87(130)83-138-91-67-115(29,30)126(116(31,32)68-91)142-58-54-51-48-45-42-38-3)118(35,74-94)100-97(146-102(96)134)75-108(15,16)121(117(100,33)34)78-86(129)82-137-88-61-109(17,18)123(139-55-39-4)110(19,20)62-88/h84-97,100,127-130H,36-83H2,1-35H3. The highest BCUT2D eigenvalue weighted by atomic mass is 16.7. The zero-order chi connectivity index (χ0) is 109. The van der Waals surface area contributed by atoms with Gasteiger partial charge in [-0.15, -0.1) is 0 Å². The van der Waals surface area contributed by atoms with Gasteiger partial charge in [0, 0.05) is 166 Å². The highest BCUT2D eigenvalue weighted by molar-refractivity contribution is 5.89. The van der Waals surface area contributed by atoms with Crippen LogP contribution in [0.15, 0.2) is 0 Å². The van der Waals surface area contributed by atoms with Crippen molar-refractivity contribution in [1.82, 2.24) is 39.9 Å². The molecule has 10 atom stereocenters. The fraction of sp³-hybridized carbons (Fsp3) is 0.966. The van der Waals surface area contributed by atoms with Crippen LogP contribution < -0.4 is 0 Å². The number of fused-ring (bicyclic) bond motifs is 4. The van der Waals surface area contributed by atoms with E-state index in [2.05, 4.69) is 282 Å². The maximum Gasteiger partial charge on any atom is 0.310 e. The molecular weight excluding hydrogens is 1850 g/mol. The molecule has 0 amide bonds. The van der Waals surface area contributed by atoms with Gasteiger partial charge in [-0.05, 0) is 292 Å². The second-order valence-corrected chi connectivity index (χ2v) is 56.5. The van der Waals surface area contributed by atoms with E-state index in [0.717, 1.165) is 70.6 Å². The lowest BCUT2D eigenvalue weighted by Gasteiger charge is -2.68. The molecule has 9 aliphatic heterocycles. The zero-order valence-corrected chi connectivity index (χ0v) is 99.5. The molecule has 9 rings (SSSR count). The first-order chi connectivity index (χ1) is 67.5. The first-order valence-electron chi connectivity index (χ1n) is 58.3. The van der Waals surface area contributed by atoms with E-state index in [4.69, 9.17) is 57.2 Å². The lowest BCUT2D eigenvalue weighted by atomic mass is 9.58. The summed E-state index contributed by atoms with van der Waals surface area (Å²) in [6, 6.07) is 0. The van der Waals surface area contributed by atoms with Crippen molar-refractivity contribution < 1.29 is 96.8 Å². The molecule has 9 saturated heterocycles. The van der Waals surface area contributed by atoms with Gasteiger partial charge in [-0.1, -0.05) is 124 Å². The number of carbonyl (C=O) groups is 4. The van der Waals surface area contributed by atoms with Crippen molar-refractivity contribution in [3.8, 4) is 0 Å². The van der Waals surface area contributed by atoms with Crippen molar-refractivity contribution in [3.05, 3.63) is 0 Å². The van der Waals surface area contributed by atoms with Crippen molar-refractivity contribution in [2.75, 3.05) is 79.0 Å². The third-order valence-corrected chi connectivity index (χ3v) is 35.0. The van der Waals surface area contributed by atoms with Gasteiger partial charge in [0.15, 0.2) is 0 Å². The first-order valence-corrected chi connectivity index (χ1v) is 58.3. The van der Waals surface area contributed by atoms with Crippen LogP contribution in [0.4, 0.5) is 0 Å². The number of β-amino-alcohol motifs (C(OH)–C–C–N with tert-alkyl or cyclic N) is 4. The molecule has 4 N–H and O–H groups in total. The molecule has 0 spiro atoms. The van der Waals surface area contributed by atoms with Crippen molar-refractivity contribution >= 4 is 23.9 Å². The molecule has 2 bridgehead atoms. The van der Waals surface area contributed by atoms with Crippen LogP contribution in [0.1, 0.15) is 473 Å². The van der Waals surface area contributed by atoms with E-state index in [1.165, 1.54) is 77.0 Å². The van der Waals surface area contributed by atoms with Gasteiger partial charge in [0.1, 0.15) is 24.4 Å². The second-order valence-electron chi connectivity index (χ2n) is 56.5.